The van der Waals surface area contributed by atoms with Crippen LogP contribution in [0.25, 0.3) is 10.2 Å². The van der Waals surface area contributed by atoms with Crippen LogP contribution in [0.5, 0.6) is 5.75 Å². The largest absolute Gasteiger partial charge is 0.573 e. The SMILES string of the molecule is CN(C)CCN(C(=O)C1CC1)c1nc2ccc(OC(F)(F)F)cc2s1.Cl. The number of halogens is 4. The van der Waals surface area contributed by atoms with Gasteiger partial charge in [0.15, 0.2) is 5.13 Å². The molecule has 0 atom stereocenters. The normalized spacial score (nSPS) is 14.4. The molecule has 1 aliphatic rings. The topological polar surface area (TPSA) is 45.7 Å². The number of anilines is 1. The highest BCUT2D eigenvalue weighted by molar-refractivity contribution is 7.22. The van der Waals surface area contributed by atoms with Gasteiger partial charge in [-0.25, -0.2) is 4.98 Å². The summed E-state index contributed by atoms with van der Waals surface area (Å²) in [7, 11) is 3.83. The standard InChI is InChI=1S/C16H18F3N3O2S.ClH/c1-21(2)7-8-22(14(23)10-3-4-10)15-20-12-6-5-11(9-13(12)25-15)24-16(17,18)19;/h5-6,9-10H,3-4,7-8H2,1-2H3;1H. The summed E-state index contributed by atoms with van der Waals surface area (Å²) < 4.78 is 41.6. The molecule has 0 unspecified atom stereocenters. The van der Waals surface area contributed by atoms with Crippen molar-refractivity contribution in [3.8, 4) is 5.75 Å². The molecule has 144 valence electrons. The Labute approximate surface area is 159 Å². The van der Waals surface area contributed by atoms with E-state index in [2.05, 4.69) is 9.72 Å². The van der Waals surface area contributed by atoms with E-state index in [1.54, 1.807) is 4.90 Å². The number of benzene rings is 1. The quantitative estimate of drug-likeness (QED) is 0.725. The number of thiazole rings is 1. The van der Waals surface area contributed by atoms with E-state index in [9.17, 15) is 18.0 Å². The van der Waals surface area contributed by atoms with Gasteiger partial charge in [-0.05, 0) is 39.1 Å². The molecule has 0 aliphatic heterocycles. The fourth-order valence-electron chi connectivity index (χ4n) is 2.36. The minimum Gasteiger partial charge on any atom is -0.406 e. The number of ether oxygens (including phenoxy) is 1. The highest BCUT2D eigenvalue weighted by atomic mass is 35.5. The second-order valence-electron chi connectivity index (χ2n) is 6.24. The van der Waals surface area contributed by atoms with Crippen molar-refractivity contribution in [2.45, 2.75) is 19.2 Å². The lowest BCUT2D eigenvalue weighted by Crippen LogP contribution is -2.37. The highest BCUT2D eigenvalue weighted by Crippen LogP contribution is 2.37. The fourth-order valence-corrected chi connectivity index (χ4v) is 3.38. The number of hydrogen-bond donors (Lipinski definition) is 0. The maximum Gasteiger partial charge on any atom is 0.573 e. The number of likely N-dealkylation sites (N-methyl/N-ethyl adjacent to an activating group) is 1. The van der Waals surface area contributed by atoms with Gasteiger partial charge in [-0.3, -0.25) is 9.69 Å². The number of rotatable bonds is 6. The zero-order valence-corrected chi connectivity index (χ0v) is 15.9. The maximum atomic E-state index is 12.6. The molecule has 1 amide bonds. The molecule has 1 aromatic carbocycles. The van der Waals surface area contributed by atoms with Crippen LogP contribution in [0.15, 0.2) is 18.2 Å². The smallest absolute Gasteiger partial charge is 0.406 e. The van der Waals surface area contributed by atoms with E-state index in [1.807, 2.05) is 19.0 Å². The summed E-state index contributed by atoms with van der Waals surface area (Å²) in [5.41, 5.74) is 0.549. The molecule has 1 aliphatic carbocycles. The number of amides is 1. The van der Waals surface area contributed by atoms with E-state index in [1.165, 1.54) is 29.5 Å². The lowest BCUT2D eigenvalue weighted by atomic mass is 10.3. The van der Waals surface area contributed by atoms with Gasteiger partial charge in [0.1, 0.15) is 5.75 Å². The predicted molar refractivity (Wildman–Crippen MR) is 97.2 cm³/mol. The fraction of sp³-hybridized carbons (Fsp3) is 0.500. The minimum absolute atomic E-state index is 0. The van der Waals surface area contributed by atoms with Crippen LogP contribution in [-0.4, -0.2) is 49.3 Å². The summed E-state index contributed by atoms with van der Waals surface area (Å²) in [4.78, 5) is 20.6. The van der Waals surface area contributed by atoms with Gasteiger partial charge in [-0.2, -0.15) is 0 Å². The van der Waals surface area contributed by atoms with Crippen molar-refractivity contribution < 1.29 is 22.7 Å². The zero-order valence-electron chi connectivity index (χ0n) is 14.2. The second kappa shape index (κ2) is 7.98. The molecule has 0 saturated heterocycles. The average molecular weight is 410 g/mol. The summed E-state index contributed by atoms with van der Waals surface area (Å²) in [6.45, 7) is 1.17. The number of aromatic nitrogens is 1. The Balaban J connectivity index is 0.00000243. The molecule has 0 spiro atoms. The summed E-state index contributed by atoms with van der Waals surface area (Å²) in [5, 5.41) is 0.512. The van der Waals surface area contributed by atoms with Crippen molar-refractivity contribution >= 4 is 45.0 Å². The Bertz CT molecular complexity index is 778. The van der Waals surface area contributed by atoms with Crippen LogP contribution in [-0.2, 0) is 4.79 Å². The van der Waals surface area contributed by atoms with Crippen LogP contribution in [0.3, 0.4) is 0 Å². The molecular formula is C16H19ClF3N3O2S. The average Bonchev–Trinajstić information content (AvgIpc) is 3.26. The molecule has 0 bridgehead atoms. The van der Waals surface area contributed by atoms with Crippen LogP contribution in [0.4, 0.5) is 18.3 Å². The zero-order chi connectivity index (χ0) is 18.2. The first-order valence-corrected chi connectivity index (χ1v) is 8.67. The van der Waals surface area contributed by atoms with Gasteiger partial charge in [0.05, 0.1) is 10.2 Å². The van der Waals surface area contributed by atoms with Crippen molar-refractivity contribution in [1.82, 2.24) is 9.88 Å². The first kappa shape index (κ1) is 20.7. The maximum absolute atomic E-state index is 12.6. The minimum atomic E-state index is -4.74. The van der Waals surface area contributed by atoms with Crippen molar-refractivity contribution in [2.75, 3.05) is 32.1 Å². The molecule has 26 heavy (non-hydrogen) atoms. The van der Waals surface area contributed by atoms with E-state index >= 15 is 0 Å². The molecule has 0 N–H and O–H groups in total. The van der Waals surface area contributed by atoms with Gasteiger partial charge in [-0.15, -0.1) is 25.6 Å². The summed E-state index contributed by atoms with van der Waals surface area (Å²) in [6, 6.07) is 4.00. The van der Waals surface area contributed by atoms with Crippen LogP contribution in [0.1, 0.15) is 12.8 Å². The van der Waals surface area contributed by atoms with Gasteiger partial charge >= 0.3 is 6.36 Å². The van der Waals surface area contributed by atoms with Crippen LogP contribution >= 0.6 is 23.7 Å². The van der Waals surface area contributed by atoms with E-state index in [-0.39, 0.29) is 30.0 Å². The van der Waals surface area contributed by atoms with Crippen LogP contribution < -0.4 is 9.64 Å². The first-order chi connectivity index (χ1) is 11.7. The Hall–Kier alpha value is -1.58. The lowest BCUT2D eigenvalue weighted by Gasteiger charge is -2.21. The van der Waals surface area contributed by atoms with E-state index in [0.717, 1.165) is 12.8 Å². The van der Waals surface area contributed by atoms with Gasteiger partial charge in [0.25, 0.3) is 0 Å². The second-order valence-corrected chi connectivity index (χ2v) is 7.25. The first-order valence-electron chi connectivity index (χ1n) is 7.85. The predicted octanol–water partition coefficient (Wildman–Crippen LogP) is 3.92. The summed E-state index contributed by atoms with van der Waals surface area (Å²) >= 11 is 1.20. The van der Waals surface area contributed by atoms with Crippen LogP contribution in [0.2, 0.25) is 0 Å². The molecule has 2 aromatic rings. The highest BCUT2D eigenvalue weighted by Gasteiger charge is 2.35. The van der Waals surface area contributed by atoms with E-state index < -0.39 is 6.36 Å². The Morgan fingerprint density at radius 2 is 2.00 bits per heavy atom. The molecule has 5 nitrogen and oxygen atoms in total. The molecule has 3 rings (SSSR count). The molecule has 0 radical (unpaired) electrons. The Morgan fingerprint density at radius 1 is 1.31 bits per heavy atom. The third-order valence-electron chi connectivity index (χ3n) is 3.78. The molecule has 1 fully saturated rings. The molecule has 1 aromatic heterocycles. The molecular weight excluding hydrogens is 391 g/mol. The summed E-state index contributed by atoms with van der Waals surface area (Å²) in [6.07, 6.45) is -2.97. The van der Waals surface area contributed by atoms with Crippen molar-refractivity contribution in [2.24, 2.45) is 5.92 Å². The number of alkyl halides is 3. The number of fused-ring (bicyclic) bond motifs is 1. The number of hydrogen-bond acceptors (Lipinski definition) is 5. The third kappa shape index (κ3) is 5.21. The molecule has 1 saturated carbocycles. The van der Waals surface area contributed by atoms with E-state index in [0.29, 0.717) is 28.4 Å². The number of carbonyl (C=O) groups is 1. The number of carbonyl (C=O) groups excluding carboxylic acids is 1. The van der Waals surface area contributed by atoms with Crippen molar-refractivity contribution in [1.29, 1.82) is 0 Å². The van der Waals surface area contributed by atoms with Crippen LogP contribution in [0, 0.1) is 5.92 Å². The Kier molecular flexibility index (Phi) is 6.36. The molecule has 10 heteroatoms. The third-order valence-corrected chi connectivity index (χ3v) is 4.82. The van der Waals surface area contributed by atoms with Gasteiger partial charge in [-0.1, -0.05) is 11.3 Å². The number of nitrogens with zero attached hydrogens (tertiary/aromatic N) is 3. The molecule has 1 heterocycles. The summed E-state index contributed by atoms with van der Waals surface area (Å²) in [5.74, 6) is -0.213. The van der Waals surface area contributed by atoms with Crippen molar-refractivity contribution in [3.63, 3.8) is 0 Å². The van der Waals surface area contributed by atoms with Gasteiger partial charge < -0.3 is 9.64 Å². The van der Waals surface area contributed by atoms with Gasteiger partial charge in [0, 0.05) is 25.1 Å². The van der Waals surface area contributed by atoms with Gasteiger partial charge in [0.2, 0.25) is 5.91 Å². The van der Waals surface area contributed by atoms with Crippen molar-refractivity contribution in [3.05, 3.63) is 18.2 Å². The lowest BCUT2D eigenvalue weighted by molar-refractivity contribution is -0.274. The van der Waals surface area contributed by atoms with E-state index in [4.69, 9.17) is 0 Å². The monoisotopic (exact) mass is 409 g/mol. The Morgan fingerprint density at radius 3 is 2.58 bits per heavy atom.